The van der Waals surface area contributed by atoms with Crippen molar-refractivity contribution in [3.05, 3.63) is 54.6 Å². The monoisotopic (exact) mass is 550 g/mol. The van der Waals surface area contributed by atoms with Crippen molar-refractivity contribution in [3.63, 3.8) is 0 Å². The maximum atomic E-state index is 13.2. The number of amides is 1. The molecule has 0 saturated carbocycles. The normalized spacial score (nSPS) is 14.6. The van der Waals surface area contributed by atoms with E-state index in [0.717, 1.165) is 12.1 Å². The zero-order valence-electron chi connectivity index (χ0n) is 21.0. The largest absolute Gasteiger partial charge is 0.573 e. The van der Waals surface area contributed by atoms with E-state index >= 15 is 0 Å². The summed E-state index contributed by atoms with van der Waals surface area (Å²) in [6.45, 7) is 3.05. The van der Waals surface area contributed by atoms with Gasteiger partial charge in [-0.15, -0.1) is 13.2 Å². The maximum absolute atomic E-state index is 13.2. The molecule has 1 fully saturated rings. The summed E-state index contributed by atoms with van der Waals surface area (Å²) in [5.74, 6) is -0.634. The molecule has 0 aliphatic carbocycles. The van der Waals surface area contributed by atoms with Crippen LogP contribution in [0.3, 0.4) is 0 Å². The van der Waals surface area contributed by atoms with Crippen molar-refractivity contribution in [1.82, 2.24) is 29.4 Å². The van der Waals surface area contributed by atoms with Crippen LogP contribution in [0, 0.1) is 0 Å². The van der Waals surface area contributed by atoms with Crippen LogP contribution in [0.1, 0.15) is 38.9 Å². The van der Waals surface area contributed by atoms with Gasteiger partial charge in [-0.05, 0) is 56.7 Å². The minimum absolute atomic E-state index is 0.234. The highest BCUT2D eigenvalue weighted by atomic mass is 19.4. The van der Waals surface area contributed by atoms with E-state index in [-0.39, 0.29) is 5.92 Å². The Morgan fingerprint density at radius 2 is 1.77 bits per heavy atom. The fourth-order valence-corrected chi connectivity index (χ4v) is 4.28. The Hall–Kier alpha value is -4.23. The van der Waals surface area contributed by atoms with Crippen LogP contribution in [0.25, 0.3) is 27.8 Å². The lowest BCUT2D eigenvalue weighted by Gasteiger charge is -2.39. The van der Waals surface area contributed by atoms with E-state index in [9.17, 15) is 26.7 Å². The topological polar surface area (TPSA) is 87.3 Å². The lowest BCUT2D eigenvalue weighted by Crippen LogP contribution is -2.50. The van der Waals surface area contributed by atoms with E-state index in [1.807, 2.05) is 0 Å². The smallest absolute Gasteiger partial charge is 0.444 e. The molecule has 1 saturated heterocycles. The van der Waals surface area contributed by atoms with Gasteiger partial charge in [0.15, 0.2) is 5.65 Å². The first-order valence-electron chi connectivity index (χ1n) is 11.8. The van der Waals surface area contributed by atoms with Crippen molar-refractivity contribution in [2.24, 2.45) is 0 Å². The molecule has 9 nitrogen and oxygen atoms in total. The second-order valence-corrected chi connectivity index (χ2v) is 9.96. The van der Waals surface area contributed by atoms with Crippen LogP contribution in [0.4, 0.5) is 26.7 Å². The Balaban J connectivity index is 1.56. The van der Waals surface area contributed by atoms with Crippen molar-refractivity contribution in [2.75, 3.05) is 13.1 Å². The summed E-state index contributed by atoms with van der Waals surface area (Å²) < 4.78 is 75.6. The molecular weight excluding hydrogens is 527 g/mol. The third-order valence-electron chi connectivity index (χ3n) is 5.94. The number of fused-ring (bicyclic) bond motifs is 1. The van der Waals surface area contributed by atoms with Gasteiger partial charge in [0.25, 0.3) is 0 Å². The van der Waals surface area contributed by atoms with Crippen LogP contribution in [-0.2, 0) is 4.74 Å². The van der Waals surface area contributed by atoms with E-state index in [1.165, 1.54) is 40.3 Å². The quantitative estimate of drug-likeness (QED) is 0.287. The molecule has 4 heterocycles. The number of carbonyl (C=O) groups excluding carboxylic acids is 1. The van der Waals surface area contributed by atoms with Gasteiger partial charge in [0.05, 0.1) is 23.0 Å². The van der Waals surface area contributed by atoms with Gasteiger partial charge >= 0.3 is 19.0 Å². The highest BCUT2D eigenvalue weighted by molar-refractivity contribution is 5.96. The first-order chi connectivity index (χ1) is 18.3. The van der Waals surface area contributed by atoms with Crippen LogP contribution in [0.2, 0.25) is 0 Å². The molecule has 3 aromatic heterocycles. The minimum Gasteiger partial charge on any atom is -0.444 e. The number of rotatable bonds is 5. The number of benzene rings is 1. The number of halogens is 5. The molecule has 4 aromatic rings. The maximum Gasteiger partial charge on any atom is 0.573 e. The van der Waals surface area contributed by atoms with Gasteiger partial charge in [-0.3, -0.25) is 0 Å². The van der Waals surface area contributed by atoms with E-state index in [2.05, 4.69) is 14.8 Å². The van der Waals surface area contributed by atoms with Crippen molar-refractivity contribution in [2.45, 2.75) is 45.2 Å². The summed E-state index contributed by atoms with van der Waals surface area (Å²) >= 11 is 0. The number of nitrogens with zero attached hydrogens (tertiary/aromatic N) is 6. The first kappa shape index (κ1) is 26.4. The van der Waals surface area contributed by atoms with E-state index < -0.39 is 30.4 Å². The molecule has 0 bridgehead atoms. The van der Waals surface area contributed by atoms with Gasteiger partial charge < -0.3 is 14.4 Å². The molecule has 1 aliphatic rings. The summed E-state index contributed by atoms with van der Waals surface area (Å²) in [5.41, 5.74) is 1.58. The predicted octanol–water partition coefficient (Wildman–Crippen LogP) is 5.91. The molecule has 1 aromatic carbocycles. The summed E-state index contributed by atoms with van der Waals surface area (Å²) in [6.07, 6.45) is -1.32. The summed E-state index contributed by atoms with van der Waals surface area (Å²) in [7, 11) is 0. The molecule has 0 spiro atoms. The Morgan fingerprint density at radius 1 is 1.08 bits per heavy atom. The van der Waals surface area contributed by atoms with Crippen molar-refractivity contribution < 1.29 is 36.2 Å². The number of aromatic nitrogens is 5. The average molecular weight is 550 g/mol. The molecule has 1 aliphatic heterocycles. The van der Waals surface area contributed by atoms with Gasteiger partial charge in [0.1, 0.15) is 11.4 Å². The molecule has 14 heteroatoms. The number of hydrogen-bond donors (Lipinski definition) is 0. The standard InChI is InChI=1S/C25H23F5N6O3/c1-24(2,3)39-23(37)34-11-15(12-34)20-19-18(14-10-32-35(13-14)22(26)27)8-9-31-21(19)36(33-20)16-4-6-17(7-5-16)38-25(28,29)30/h4-10,13,15,22H,11-12H2,1-3H3. The fourth-order valence-electron chi connectivity index (χ4n) is 4.28. The van der Waals surface area contributed by atoms with Crippen molar-refractivity contribution >= 4 is 17.1 Å². The summed E-state index contributed by atoms with van der Waals surface area (Å²) in [4.78, 5) is 18.4. The highest BCUT2D eigenvalue weighted by Gasteiger charge is 2.38. The molecule has 0 unspecified atom stereocenters. The van der Waals surface area contributed by atoms with Crippen LogP contribution >= 0.6 is 0 Å². The number of pyridine rings is 1. The Bertz CT molecular complexity index is 1500. The second-order valence-electron chi connectivity index (χ2n) is 9.96. The molecule has 206 valence electrons. The third kappa shape index (κ3) is 5.49. The number of hydrogen-bond acceptors (Lipinski definition) is 6. The number of likely N-dealkylation sites (tertiary alicyclic amines) is 1. The van der Waals surface area contributed by atoms with Crippen molar-refractivity contribution in [3.8, 4) is 22.6 Å². The Kier molecular flexibility index (Phi) is 6.43. The van der Waals surface area contributed by atoms with Gasteiger partial charge in [0.2, 0.25) is 0 Å². The van der Waals surface area contributed by atoms with Gasteiger partial charge in [-0.2, -0.15) is 19.0 Å². The predicted molar refractivity (Wildman–Crippen MR) is 129 cm³/mol. The number of ether oxygens (including phenoxy) is 2. The SMILES string of the molecule is CC(C)(C)OC(=O)N1CC(c2nn(-c3ccc(OC(F)(F)F)cc3)c3nccc(-c4cnn(C(F)F)c4)c23)C1. The molecule has 0 atom stereocenters. The zero-order valence-corrected chi connectivity index (χ0v) is 21.0. The lowest BCUT2D eigenvalue weighted by atomic mass is 9.92. The molecular formula is C25H23F5N6O3. The first-order valence-corrected chi connectivity index (χ1v) is 11.8. The Morgan fingerprint density at radius 3 is 2.36 bits per heavy atom. The molecule has 0 radical (unpaired) electrons. The van der Waals surface area contributed by atoms with Crippen molar-refractivity contribution in [1.29, 1.82) is 0 Å². The van der Waals surface area contributed by atoms with Crippen LogP contribution in [0.15, 0.2) is 48.9 Å². The van der Waals surface area contributed by atoms with Crippen LogP contribution in [0.5, 0.6) is 5.75 Å². The lowest BCUT2D eigenvalue weighted by molar-refractivity contribution is -0.274. The third-order valence-corrected chi connectivity index (χ3v) is 5.94. The zero-order chi connectivity index (χ0) is 28.1. The van der Waals surface area contributed by atoms with Gasteiger partial charge in [-0.1, -0.05) is 0 Å². The Labute approximate surface area is 218 Å². The number of alkyl halides is 5. The average Bonchev–Trinajstić information content (AvgIpc) is 3.43. The highest BCUT2D eigenvalue weighted by Crippen LogP contribution is 2.38. The van der Waals surface area contributed by atoms with Crippen LogP contribution in [-0.4, -0.2) is 60.6 Å². The van der Waals surface area contributed by atoms with E-state index in [1.54, 1.807) is 26.8 Å². The molecule has 0 N–H and O–H groups in total. The van der Waals surface area contributed by atoms with Gasteiger partial charge in [0, 0.05) is 37.0 Å². The number of carbonyl (C=O) groups is 1. The molecule has 5 rings (SSSR count). The van der Waals surface area contributed by atoms with Crippen LogP contribution < -0.4 is 4.74 Å². The van der Waals surface area contributed by atoms with E-state index in [0.29, 0.717) is 51.3 Å². The summed E-state index contributed by atoms with van der Waals surface area (Å²) in [5, 5.41) is 9.00. The fraction of sp³-hybridized carbons (Fsp3) is 0.360. The van der Waals surface area contributed by atoms with Gasteiger partial charge in [-0.25, -0.2) is 19.1 Å². The molecule has 1 amide bonds. The summed E-state index contributed by atoms with van der Waals surface area (Å²) in [6, 6.07) is 6.75. The molecule has 39 heavy (non-hydrogen) atoms. The minimum atomic E-state index is -4.84. The van der Waals surface area contributed by atoms with E-state index in [4.69, 9.17) is 9.84 Å². The second kappa shape index (κ2) is 9.50.